The van der Waals surface area contributed by atoms with Crippen molar-refractivity contribution < 1.29 is 14.3 Å². The molecule has 2 atom stereocenters. The molecule has 1 rings (SSSR count). The highest BCUT2D eigenvalue weighted by atomic mass is 16.5. The van der Waals surface area contributed by atoms with Crippen molar-refractivity contribution in [2.75, 3.05) is 0 Å². The molecule has 1 aliphatic carbocycles. The minimum atomic E-state index is -0.474. The molecule has 2 unspecified atom stereocenters. The molecule has 1 saturated carbocycles. The largest absolute Gasteiger partial charge is 0.462 e. The van der Waals surface area contributed by atoms with Crippen LogP contribution in [0, 0.1) is 5.92 Å². The van der Waals surface area contributed by atoms with Gasteiger partial charge in [-0.3, -0.25) is 9.59 Å². The third kappa shape index (κ3) is 3.65. The molecule has 3 heteroatoms. The molecule has 0 heterocycles. The molecule has 0 aromatic heterocycles. The SMILES string of the molecule is CCCC(C)OC(=O)C1CCCCC1=O. The number of hydrogen-bond donors (Lipinski definition) is 0. The zero-order valence-electron chi connectivity index (χ0n) is 9.62. The number of carbonyl (C=O) groups excluding carboxylic acids is 2. The molecule has 0 N–H and O–H groups in total. The zero-order chi connectivity index (χ0) is 11.3. The summed E-state index contributed by atoms with van der Waals surface area (Å²) in [6.45, 7) is 3.94. The fourth-order valence-electron chi connectivity index (χ4n) is 1.98. The maximum absolute atomic E-state index is 11.7. The lowest BCUT2D eigenvalue weighted by Crippen LogP contribution is -2.31. The second kappa shape index (κ2) is 5.89. The minimum absolute atomic E-state index is 0.0581. The van der Waals surface area contributed by atoms with Crippen molar-refractivity contribution >= 4 is 11.8 Å². The second-order valence-electron chi connectivity index (χ2n) is 4.30. The van der Waals surface area contributed by atoms with E-state index < -0.39 is 5.92 Å². The summed E-state index contributed by atoms with van der Waals surface area (Å²) in [6.07, 6.45) is 4.91. The normalized spacial score (nSPS) is 23.6. The van der Waals surface area contributed by atoms with Crippen LogP contribution in [0.1, 0.15) is 52.4 Å². The average Bonchev–Trinajstić information content (AvgIpc) is 2.18. The Balaban J connectivity index is 2.41. The van der Waals surface area contributed by atoms with Crippen molar-refractivity contribution in [2.45, 2.75) is 58.5 Å². The molecule has 0 aliphatic heterocycles. The third-order valence-electron chi connectivity index (χ3n) is 2.85. The van der Waals surface area contributed by atoms with Crippen LogP contribution in [0.3, 0.4) is 0 Å². The molecule has 0 aromatic rings. The first-order chi connectivity index (χ1) is 7.15. The van der Waals surface area contributed by atoms with Crippen molar-refractivity contribution in [3.8, 4) is 0 Å². The van der Waals surface area contributed by atoms with Gasteiger partial charge in [0.25, 0.3) is 0 Å². The van der Waals surface area contributed by atoms with Crippen LogP contribution in [-0.4, -0.2) is 17.9 Å². The van der Waals surface area contributed by atoms with E-state index in [0.29, 0.717) is 12.8 Å². The van der Waals surface area contributed by atoms with Crippen LogP contribution >= 0.6 is 0 Å². The third-order valence-corrected chi connectivity index (χ3v) is 2.85. The summed E-state index contributed by atoms with van der Waals surface area (Å²) in [5, 5.41) is 0. The highest BCUT2D eigenvalue weighted by Gasteiger charge is 2.30. The van der Waals surface area contributed by atoms with E-state index >= 15 is 0 Å². The van der Waals surface area contributed by atoms with Gasteiger partial charge in [-0.15, -0.1) is 0 Å². The molecule has 3 nitrogen and oxygen atoms in total. The van der Waals surface area contributed by atoms with E-state index in [1.54, 1.807) is 0 Å². The number of carbonyl (C=O) groups is 2. The van der Waals surface area contributed by atoms with E-state index in [1.165, 1.54) is 0 Å². The van der Waals surface area contributed by atoms with Gasteiger partial charge in [0, 0.05) is 6.42 Å². The molecule has 0 bridgehead atoms. The van der Waals surface area contributed by atoms with Gasteiger partial charge in [-0.2, -0.15) is 0 Å². The van der Waals surface area contributed by atoms with Crippen LogP contribution in [0.5, 0.6) is 0 Å². The standard InChI is InChI=1S/C12H20O3/c1-3-6-9(2)15-12(14)10-7-4-5-8-11(10)13/h9-10H,3-8H2,1-2H3. The molecule has 15 heavy (non-hydrogen) atoms. The lowest BCUT2D eigenvalue weighted by atomic mass is 9.88. The maximum Gasteiger partial charge on any atom is 0.316 e. The van der Waals surface area contributed by atoms with E-state index in [1.807, 2.05) is 6.92 Å². The Morgan fingerprint density at radius 1 is 1.53 bits per heavy atom. The molecule has 86 valence electrons. The van der Waals surface area contributed by atoms with Gasteiger partial charge in [0.15, 0.2) is 0 Å². The van der Waals surface area contributed by atoms with E-state index in [4.69, 9.17) is 4.74 Å². The lowest BCUT2D eigenvalue weighted by molar-refractivity contribution is -0.157. The smallest absolute Gasteiger partial charge is 0.316 e. The number of ketones is 1. The quantitative estimate of drug-likeness (QED) is 0.531. The van der Waals surface area contributed by atoms with Crippen LogP contribution in [0.15, 0.2) is 0 Å². The predicted molar refractivity (Wildman–Crippen MR) is 57.4 cm³/mol. The first kappa shape index (κ1) is 12.2. The van der Waals surface area contributed by atoms with Crippen molar-refractivity contribution in [2.24, 2.45) is 5.92 Å². The fraction of sp³-hybridized carbons (Fsp3) is 0.833. The Hall–Kier alpha value is -0.860. The number of hydrogen-bond acceptors (Lipinski definition) is 3. The van der Waals surface area contributed by atoms with Gasteiger partial charge in [0.05, 0.1) is 6.10 Å². The van der Waals surface area contributed by atoms with Gasteiger partial charge in [0.2, 0.25) is 0 Å². The first-order valence-electron chi connectivity index (χ1n) is 5.88. The van der Waals surface area contributed by atoms with Gasteiger partial charge in [0.1, 0.15) is 11.7 Å². The topological polar surface area (TPSA) is 43.4 Å². The molecule has 0 saturated heterocycles. The van der Waals surface area contributed by atoms with Crippen molar-refractivity contribution in [1.29, 1.82) is 0 Å². The molecule has 0 spiro atoms. The van der Waals surface area contributed by atoms with Gasteiger partial charge in [-0.1, -0.05) is 19.8 Å². The Kier molecular flexibility index (Phi) is 4.79. The molecular formula is C12H20O3. The van der Waals surface area contributed by atoms with E-state index in [2.05, 4.69) is 6.92 Å². The Morgan fingerprint density at radius 2 is 2.27 bits per heavy atom. The van der Waals surface area contributed by atoms with Crippen LogP contribution in [0.2, 0.25) is 0 Å². The van der Waals surface area contributed by atoms with Gasteiger partial charge >= 0.3 is 5.97 Å². The van der Waals surface area contributed by atoms with Gasteiger partial charge in [-0.25, -0.2) is 0 Å². The molecule has 0 radical (unpaired) electrons. The minimum Gasteiger partial charge on any atom is -0.462 e. The first-order valence-corrected chi connectivity index (χ1v) is 5.88. The summed E-state index contributed by atoms with van der Waals surface area (Å²) in [4.78, 5) is 23.1. The molecule has 0 aromatic carbocycles. The Labute approximate surface area is 91.2 Å². The van der Waals surface area contributed by atoms with Crippen LogP contribution in [-0.2, 0) is 14.3 Å². The van der Waals surface area contributed by atoms with Crippen LogP contribution < -0.4 is 0 Å². The van der Waals surface area contributed by atoms with Gasteiger partial charge in [-0.05, 0) is 26.2 Å². The van der Waals surface area contributed by atoms with E-state index in [9.17, 15) is 9.59 Å². The highest BCUT2D eigenvalue weighted by Crippen LogP contribution is 2.22. The number of Topliss-reactive ketones (excluding diaryl/α,β-unsaturated/α-hetero) is 1. The number of esters is 1. The lowest BCUT2D eigenvalue weighted by Gasteiger charge is -2.21. The fourth-order valence-corrected chi connectivity index (χ4v) is 1.98. The number of rotatable bonds is 4. The van der Waals surface area contributed by atoms with E-state index in [0.717, 1.165) is 25.7 Å². The summed E-state index contributed by atoms with van der Waals surface area (Å²) < 4.78 is 5.24. The summed E-state index contributed by atoms with van der Waals surface area (Å²) in [5.74, 6) is -0.714. The Bertz CT molecular complexity index is 235. The zero-order valence-corrected chi connectivity index (χ0v) is 9.62. The van der Waals surface area contributed by atoms with Crippen LogP contribution in [0.25, 0.3) is 0 Å². The van der Waals surface area contributed by atoms with Crippen molar-refractivity contribution in [3.05, 3.63) is 0 Å². The highest BCUT2D eigenvalue weighted by molar-refractivity contribution is 5.99. The molecular weight excluding hydrogens is 192 g/mol. The van der Waals surface area contributed by atoms with Crippen LogP contribution in [0.4, 0.5) is 0 Å². The van der Waals surface area contributed by atoms with Gasteiger partial charge < -0.3 is 4.74 Å². The maximum atomic E-state index is 11.7. The van der Waals surface area contributed by atoms with Crippen molar-refractivity contribution in [1.82, 2.24) is 0 Å². The summed E-state index contributed by atoms with van der Waals surface area (Å²) in [7, 11) is 0. The monoisotopic (exact) mass is 212 g/mol. The predicted octanol–water partition coefficient (Wildman–Crippen LogP) is 2.48. The summed E-state index contributed by atoms with van der Waals surface area (Å²) in [6, 6.07) is 0. The van der Waals surface area contributed by atoms with E-state index in [-0.39, 0.29) is 17.9 Å². The van der Waals surface area contributed by atoms with Crippen molar-refractivity contribution in [3.63, 3.8) is 0 Å². The molecule has 1 fully saturated rings. The summed E-state index contributed by atoms with van der Waals surface area (Å²) >= 11 is 0. The Morgan fingerprint density at radius 3 is 2.87 bits per heavy atom. The summed E-state index contributed by atoms with van der Waals surface area (Å²) in [5.41, 5.74) is 0. The molecule has 0 amide bonds. The average molecular weight is 212 g/mol. The number of ether oxygens (including phenoxy) is 1. The molecule has 1 aliphatic rings. The second-order valence-corrected chi connectivity index (χ2v) is 4.30.